The summed E-state index contributed by atoms with van der Waals surface area (Å²) in [5.41, 5.74) is 1.04. The van der Waals surface area contributed by atoms with Crippen molar-refractivity contribution in [2.45, 2.75) is 11.3 Å². The van der Waals surface area contributed by atoms with Gasteiger partial charge in [-0.2, -0.15) is 0 Å². The minimum Gasteiger partial charge on any atom is -0.224 e. The first-order chi connectivity index (χ1) is 5.54. The molecule has 12 heavy (non-hydrogen) atoms. The van der Waals surface area contributed by atoms with E-state index in [0.29, 0.717) is 11.3 Å². The number of hydrogen-bond donors (Lipinski definition) is 0. The third kappa shape index (κ3) is 2.08. The number of hydrogen-bond acceptors (Lipinski definition) is 2. The number of benzene rings is 1. The van der Waals surface area contributed by atoms with E-state index < -0.39 is 9.84 Å². The summed E-state index contributed by atoms with van der Waals surface area (Å²) >= 11 is 0. The molecule has 1 radical (unpaired) electrons. The van der Waals surface area contributed by atoms with Crippen LogP contribution in [0.2, 0.25) is 0 Å². The largest absolute Gasteiger partial charge is 0.224 e. The maximum atomic E-state index is 11.0. The third-order valence-corrected chi connectivity index (χ3v) is 2.77. The third-order valence-electron chi connectivity index (χ3n) is 1.64. The second kappa shape index (κ2) is 3.27. The van der Waals surface area contributed by atoms with Gasteiger partial charge in [0.05, 0.1) is 4.90 Å². The lowest BCUT2D eigenvalue weighted by atomic mass is 10.2. The van der Waals surface area contributed by atoms with Crippen LogP contribution >= 0.6 is 0 Å². The Balaban J connectivity index is 3.09. The molecule has 0 N–H and O–H groups in total. The molecular weight excluding hydrogens is 172 g/mol. The van der Waals surface area contributed by atoms with Crippen LogP contribution in [0.5, 0.6) is 0 Å². The summed E-state index contributed by atoms with van der Waals surface area (Å²) in [5, 5.41) is 0. The van der Waals surface area contributed by atoms with Gasteiger partial charge in [-0.1, -0.05) is 12.1 Å². The van der Waals surface area contributed by atoms with Crippen LogP contribution in [0.4, 0.5) is 0 Å². The molecule has 0 aliphatic heterocycles. The van der Waals surface area contributed by atoms with Gasteiger partial charge < -0.3 is 0 Å². The van der Waals surface area contributed by atoms with Gasteiger partial charge >= 0.3 is 0 Å². The molecule has 0 spiro atoms. The van der Waals surface area contributed by atoms with E-state index in [2.05, 4.69) is 6.92 Å². The Bertz CT molecular complexity index is 349. The molecular formula is C9H11O2S. The van der Waals surface area contributed by atoms with E-state index >= 15 is 0 Å². The molecule has 0 heterocycles. The van der Waals surface area contributed by atoms with Crippen LogP contribution in [0.1, 0.15) is 5.56 Å². The van der Waals surface area contributed by atoms with Crippen LogP contribution in [0.3, 0.4) is 0 Å². The maximum Gasteiger partial charge on any atom is 0.175 e. The maximum absolute atomic E-state index is 11.0. The first-order valence-electron chi connectivity index (χ1n) is 3.62. The van der Waals surface area contributed by atoms with Crippen LogP contribution in [-0.2, 0) is 16.3 Å². The molecule has 0 fully saturated rings. The Kier molecular flexibility index (Phi) is 2.52. The Hall–Kier alpha value is -0.830. The van der Waals surface area contributed by atoms with Crippen LogP contribution in [0.25, 0.3) is 0 Å². The van der Waals surface area contributed by atoms with Gasteiger partial charge in [0.25, 0.3) is 0 Å². The van der Waals surface area contributed by atoms with Crippen molar-refractivity contribution in [3.8, 4) is 0 Å². The molecule has 0 atom stereocenters. The van der Waals surface area contributed by atoms with Gasteiger partial charge in [0.2, 0.25) is 0 Å². The van der Waals surface area contributed by atoms with Gasteiger partial charge in [-0.05, 0) is 31.0 Å². The molecule has 0 aromatic heterocycles. The molecule has 2 nitrogen and oxygen atoms in total. The van der Waals surface area contributed by atoms with Crippen molar-refractivity contribution in [1.82, 2.24) is 0 Å². The summed E-state index contributed by atoms with van der Waals surface area (Å²) in [6.07, 6.45) is 1.89. The van der Waals surface area contributed by atoms with Gasteiger partial charge in [-0.25, -0.2) is 8.42 Å². The second-order valence-corrected chi connectivity index (χ2v) is 4.68. The Labute approximate surface area is 73.2 Å². The summed E-state index contributed by atoms with van der Waals surface area (Å²) in [6.45, 7) is 3.70. The fourth-order valence-electron chi connectivity index (χ4n) is 0.903. The molecule has 0 amide bonds. The van der Waals surface area contributed by atoms with Gasteiger partial charge in [0.1, 0.15) is 0 Å². The predicted molar refractivity (Wildman–Crippen MR) is 48.6 cm³/mol. The smallest absolute Gasteiger partial charge is 0.175 e. The Morgan fingerprint density at radius 3 is 2.08 bits per heavy atom. The topological polar surface area (TPSA) is 34.1 Å². The van der Waals surface area contributed by atoms with E-state index in [4.69, 9.17) is 0 Å². The summed E-state index contributed by atoms with van der Waals surface area (Å²) in [5.74, 6) is 0. The molecule has 3 heteroatoms. The highest BCUT2D eigenvalue weighted by Crippen LogP contribution is 2.10. The average molecular weight is 183 g/mol. The summed E-state index contributed by atoms with van der Waals surface area (Å²) < 4.78 is 22.0. The number of rotatable bonds is 2. The molecule has 0 aliphatic rings. The molecule has 0 saturated carbocycles. The van der Waals surface area contributed by atoms with Crippen molar-refractivity contribution in [2.24, 2.45) is 0 Å². The zero-order valence-corrected chi connectivity index (χ0v) is 7.76. The molecule has 0 bridgehead atoms. The van der Waals surface area contributed by atoms with Crippen molar-refractivity contribution < 1.29 is 8.42 Å². The normalized spacial score (nSPS) is 11.5. The summed E-state index contributed by atoms with van der Waals surface area (Å²) in [6, 6.07) is 6.78. The quantitative estimate of drug-likeness (QED) is 0.695. The van der Waals surface area contributed by atoms with Crippen molar-refractivity contribution in [3.05, 3.63) is 36.8 Å². The van der Waals surface area contributed by atoms with E-state index in [1.54, 1.807) is 24.3 Å². The first kappa shape index (κ1) is 9.26. The lowest BCUT2D eigenvalue weighted by molar-refractivity contribution is 0.602. The van der Waals surface area contributed by atoms with Gasteiger partial charge in [0, 0.05) is 6.26 Å². The number of sulfone groups is 1. The van der Waals surface area contributed by atoms with E-state index in [1.807, 2.05) is 0 Å². The monoisotopic (exact) mass is 183 g/mol. The zero-order valence-electron chi connectivity index (χ0n) is 6.95. The van der Waals surface area contributed by atoms with Gasteiger partial charge in [-0.15, -0.1) is 0 Å². The van der Waals surface area contributed by atoms with Crippen molar-refractivity contribution >= 4 is 9.84 Å². The second-order valence-electron chi connectivity index (χ2n) is 2.67. The molecule has 1 aromatic carbocycles. The van der Waals surface area contributed by atoms with E-state index in [-0.39, 0.29) is 0 Å². The SMILES string of the molecule is [CH2]Cc1ccc(S(C)(=O)=O)cc1. The molecule has 65 valence electrons. The van der Waals surface area contributed by atoms with E-state index in [1.165, 1.54) is 6.26 Å². The standard InChI is InChI=1S/C9H11O2S/c1-3-8-4-6-9(7-5-8)12(2,10)11/h4-7H,1,3H2,2H3. The predicted octanol–water partition coefficient (Wildman–Crippen LogP) is 1.47. The van der Waals surface area contributed by atoms with E-state index in [9.17, 15) is 8.42 Å². The Morgan fingerprint density at radius 2 is 1.75 bits per heavy atom. The van der Waals surface area contributed by atoms with Crippen molar-refractivity contribution in [3.63, 3.8) is 0 Å². The summed E-state index contributed by atoms with van der Waals surface area (Å²) in [7, 11) is -3.05. The molecule has 0 unspecified atom stereocenters. The van der Waals surface area contributed by atoms with Crippen LogP contribution in [-0.4, -0.2) is 14.7 Å². The fraction of sp³-hybridized carbons (Fsp3) is 0.222. The fourth-order valence-corrected chi connectivity index (χ4v) is 1.53. The molecule has 0 saturated heterocycles. The van der Waals surface area contributed by atoms with Crippen molar-refractivity contribution in [1.29, 1.82) is 0 Å². The highest BCUT2D eigenvalue weighted by molar-refractivity contribution is 7.90. The lowest BCUT2D eigenvalue weighted by Gasteiger charge is -1.98. The summed E-state index contributed by atoms with van der Waals surface area (Å²) in [4.78, 5) is 0.361. The minimum absolute atomic E-state index is 0.361. The van der Waals surface area contributed by atoms with Crippen LogP contribution in [0.15, 0.2) is 29.2 Å². The van der Waals surface area contributed by atoms with Gasteiger partial charge in [0.15, 0.2) is 9.84 Å². The molecule has 1 rings (SSSR count). The Morgan fingerprint density at radius 1 is 1.25 bits per heavy atom. The average Bonchev–Trinajstić information content (AvgIpc) is 2.03. The molecule has 0 aliphatic carbocycles. The minimum atomic E-state index is -3.05. The van der Waals surface area contributed by atoms with Gasteiger partial charge in [-0.3, -0.25) is 0 Å². The van der Waals surface area contributed by atoms with Crippen LogP contribution in [0, 0.1) is 6.92 Å². The zero-order chi connectivity index (χ0) is 9.19. The van der Waals surface area contributed by atoms with Crippen LogP contribution < -0.4 is 0 Å². The van der Waals surface area contributed by atoms with E-state index in [0.717, 1.165) is 5.56 Å². The van der Waals surface area contributed by atoms with Crippen molar-refractivity contribution in [2.75, 3.05) is 6.26 Å². The lowest BCUT2D eigenvalue weighted by Crippen LogP contribution is -1.96. The highest BCUT2D eigenvalue weighted by Gasteiger charge is 2.04. The molecule has 1 aromatic rings. The first-order valence-corrected chi connectivity index (χ1v) is 5.51. The highest BCUT2D eigenvalue weighted by atomic mass is 32.2.